The lowest BCUT2D eigenvalue weighted by atomic mass is 9.97. The molecule has 0 radical (unpaired) electrons. The number of ketones is 1. The number of benzene rings is 3. The maximum Gasteiger partial charge on any atom is 0.330 e. The van der Waals surface area contributed by atoms with Crippen LogP contribution in [0.3, 0.4) is 0 Å². The van der Waals surface area contributed by atoms with Crippen molar-refractivity contribution in [1.82, 2.24) is 0 Å². The fourth-order valence-corrected chi connectivity index (χ4v) is 5.32. The molecule has 0 spiro atoms. The van der Waals surface area contributed by atoms with Crippen LogP contribution in [0.15, 0.2) is 60.7 Å². The van der Waals surface area contributed by atoms with E-state index in [-0.39, 0.29) is 60.9 Å². The minimum atomic E-state index is -1.74. The van der Waals surface area contributed by atoms with Crippen LogP contribution in [-0.2, 0) is 36.6 Å². The van der Waals surface area contributed by atoms with Crippen LogP contribution < -0.4 is 9.47 Å². The molecule has 0 amide bonds. The van der Waals surface area contributed by atoms with E-state index in [9.17, 15) is 45.3 Å². The molecular weight excluding hydrogens is 656 g/mol. The second-order valence-corrected chi connectivity index (χ2v) is 11.8. The number of methoxy groups -OCH3 is 2. The van der Waals surface area contributed by atoms with Crippen molar-refractivity contribution in [3.8, 4) is 34.5 Å². The van der Waals surface area contributed by atoms with Crippen molar-refractivity contribution < 1.29 is 69.0 Å². The molecule has 14 heteroatoms. The summed E-state index contributed by atoms with van der Waals surface area (Å²) >= 11 is 0. The molecule has 0 aliphatic carbocycles. The Bertz CT molecular complexity index is 1640. The molecule has 7 N–H and O–H groups in total. The minimum Gasteiger partial charge on any atom is -0.504 e. The lowest BCUT2D eigenvalue weighted by molar-refractivity contribution is -0.311. The van der Waals surface area contributed by atoms with Crippen LogP contribution in [0.4, 0.5) is 0 Å². The van der Waals surface area contributed by atoms with Crippen LogP contribution in [0.25, 0.3) is 6.08 Å². The second-order valence-electron chi connectivity index (χ2n) is 11.8. The summed E-state index contributed by atoms with van der Waals surface area (Å²) in [6.45, 7) is -0.504. The minimum absolute atomic E-state index is 0.0505. The first-order valence-electron chi connectivity index (χ1n) is 15.8. The van der Waals surface area contributed by atoms with E-state index < -0.39 is 49.4 Å². The largest absolute Gasteiger partial charge is 0.504 e. The number of carbonyl (C=O) groups excluding carboxylic acids is 2. The third-order valence-corrected chi connectivity index (χ3v) is 8.19. The molecule has 1 heterocycles. The molecule has 270 valence electrons. The highest BCUT2D eigenvalue weighted by Gasteiger charge is 2.45. The molecule has 1 saturated heterocycles. The highest BCUT2D eigenvalue weighted by atomic mass is 16.7. The topological polar surface area (TPSA) is 222 Å². The summed E-state index contributed by atoms with van der Waals surface area (Å²) in [7, 11) is 2.97. The summed E-state index contributed by atoms with van der Waals surface area (Å²) in [5.74, 6) is -1.28. The number of aromatic hydroxyl groups is 4. The Morgan fingerprint density at radius 1 is 0.780 bits per heavy atom. The number of rotatable bonds is 16. The predicted octanol–water partition coefficient (Wildman–Crippen LogP) is 2.50. The Morgan fingerprint density at radius 2 is 1.42 bits per heavy atom. The van der Waals surface area contributed by atoms with E-state index in [0.717, 1.165) is 6.08 Å². The Hall–Kier alpha value is -4.86. The van der Waals surface area contributed by atoms with Crippen LogP contribution in [0.5, 0.6) is 34.5 Å². The molecule has 3 aromatic carbocycles. The Kier molecular flexibility index (Phi) is 13.4. The lowest BCUT2D eigenvalue weighted by Gasteiger charge is -2.41. The van der Waals surface area contributed by atoms with Crippen molar-refractivity contribution in [2.45, 2.75) is 68.9 Å². The second kappa shape index (κ2) is 17.7. The molecule has 3 aromatic rings. The van der Waals surface area contributed by atoms with Gasteiger partial charge in [-0.2, -0.15) is 0 Å². The number of aliphatic hydroxyl groups excluding tert-OH is 3. The van der Waals surface area contributed by atoms with Crippen molar-refractivity contribution in [2.75, 3.05) is 20.8 Å². The molecule has 50 heavy (non-hydrogen) atoms. The third kappa shape index (κ3) is 10.3. The Balaban J connectivity index is 1.41. The fraction of sp³-hybridized carbons (Fsp3) is 0.389. The van der Waals surface area contributed by atoms with E-state index in [1.54, 1.807) is 30.3 Å². The van der Waals surface area contributed by atoms with Gasteiger partial charge in [-0.3, -0.25) is 4.79 Å². The van der Waals surface area contributed by atoms with Gasteiger partial charge >= 0.3 is 5.97 Å². The Morgan fingerprint density at radius 3 is 2.04 bits per heavy atom. The van der Waals surface area contributed by atoms with Gasteiger partial charge in [0.1, 0.15) is 36.8 Å². The number of carbonyl (C=O) groups is 2. The van der Waals surface area contributed by atoms with Crippen LogP contribution in [-0.4, -0.2) is 105 Å². The number of esters is 1. The number of hydrogen-bond donors (Lipinski definition) is 7. The molecule has 1 fully saturated rings. The average molecular weight is 699 g/mol. The van der Waals surface area contributed by atoms with Gasteiger partial charge in [-0.15, -0.1) is 0 Å². The quantitative estimate of drug-likeness (QED) is 0.0649. The van der Waals surface area contributed by atoms with E-state index in [1.807, 2.05) is 0 Å². The maximum atomic E-state index is 13.1. The summed E-state index contributed by atoms with van der Waals surface area (Å²) in [5, 5.41) is 70.8. The zero-order valence-electron chi connectivity index (χ0n) is 27.5. The molecule has 0 aromatic heterocycles. The van der Waals surface area contributed by atoms with E-state index >= 15 is 0 Å². The molecule has 1 aliphatic heterocycles. The van der Waals surface area contributed by atoms with Gasteiger partial charge in [0.25, 0.3) is 0 Å². The number of phenols is 4. The van der Waals surface area contributed by atoms with Crippen molar-refractivity contribution in [2.24, 2.45) is 0 Å². The highest BCUT2D eigenvalue weighted by Crippen LogP contribution is 2.30. The standard InChI is InChI=1S/C36H42O14/c1-46-29-13-7-22(17-30(29)47-2)8-14-32(42)48-19-31-33(43)34(44)35(45)36(50-31)49-24(10-4-21-6-12-26(39)28(41)16-21)18-23(37)9-3-20-5-11-25(38)27(40)15-20/h5-8,11-17,24,31,33-36,38-41,43-45H,3-4,9-10,18-19H2,1-2H3/b14-8+/t24-,31-,33-,34+,35-,36-/m0/s1. The van der Waals surface area contributed by atoms with Gasteiger partial charge in [-0.25, -0.2) is 4.79 Å². The number of aliphatic hydroxyl groups is 3. The molecule has 0 saturated carbocycles. The van der Waals surface area contributed by atoms with Gasteiger partial charge in [0, 0.05) is 18.9 Å². The first-order valence-corrected chi connectivity index (χ1v) is 15.8. The molecule has 4 rings (SSSR count). The fourth-order valence-electron chi connectivity index (χ4n) is 5.32. The predicted molar refractivity (Wildman–Crippen MR) is 177 cm³/mol. The van der Waals surface area contributed by atoms with Gasteiger partial charge in [0.05, 0.1) is 20.3 Å². The van der Waals surface area contributed by atoms with E-state index in [4.69, 9.17) is 23.7 Å². The highest BCUT2D eigenvalue weighted by molar-refractivity contribution is 5.87. The van der Waals surface area contributed by atoms with Crippen LogP contribution in [0, 0.1) is 0 Å². The van der Waals surface area contributed by atoms with Gasteiger partial charge in [0.2, 0.25) is 0 Å². The number of hydrogen-bond acceptors (Lipinski definition) is 14. The monoisotopic (exact) mass is 698 g/mol. The number of aryl methyl sites for hydroxylation is 2. The molecule has 0 bridgehead atoms. The van der Waals surface area contributed by atoms with E-state index in [2.05, 4.69) is 0 Å². The number of ether oxygens (including phenoxy) is 5. The Labute approximate surface area is 288 Å². The lowest BCUT2D eigenvalue weighted by Crippen LogP contribution is -2.60. The first-order chi connectivity index (χ1) is 23.9. The molecule has 6 atom stereocenters. The summed E-state index contributed by atoms with van der Waals surface area (Å²) < 4.78 is 27.5. The third-order valence-electron chi connectivity index (χ3n) is 8.19. The first kappa shape index (κ1) is 38.0. The number of phenolic OH excluding ortho intramolecular Hbond substituents is 4. The molecule has 14 nitrogen and oxygen atoms in total. The van der Waals surface area contributed by atoms with Gasteiger partial charge < -0.3 is 59.4 Å². The number of Topliss-reactive ketones (excluding diaryl/α,β-unsaturated/α-hetero) is 1. The smallest absolute Gasteiger partial charge is 0.330 e. The van der Waals surface area contributed by atoms with E-state index in [1.165, 1.54) is 44.6 Å². The zero-order valence-corrected chi connectivity index (χ0v) is 27.5. The van der Waals surface area contributed by atoms with Crippen LogP contribution in [0.1, 0.15) is 36.0 Å². The van der Waals surface area contributed by atoms with Crippen LogP contribution in [0.2, 0.25) is 0 Å². The van der Waals surface area contributed by atoms with Crippen molar-refractivity contribution in [3.63, 3.8) is 0 Å². The van der Waals surface area contributed by atoms with Crippen molar-refractivity contribution in [3.05, 3.63) is 77.4 Å². The summed E-state index contributed by atoms with van der Waals surface area (Å²) in [5.41, 5.74) is 1.85. The SMILES string of the molecule is COc1ccc(/C=C/C(=O)OC[C@@H]2O[C@H](O[C@@H](CCc3ccc(O)c(O)c3)CC(=O)CCc3ccc(O)c(O)c3)[C@@H](O)[C@H](O)[C@H]2O)cc1OC. The molecular formula is C36H42O14. The maximum absolute atomic E-state index is 13.1. The van der Waals surface area contributed by atoms with Crippen LogP contribution >= 0.6 is 0 Å². The van der Waals surface area contributed by atoms with Crippen molar-refractivity contribution in [1.29, 1.82) is 0 Å². The van der Waals surface area contributed by atoms with Gasteiger partial charge in [-0.05, 0) is 78.4 Å². The van der Waals surface area contributed by atoms with Crippen molar-refractivity contribution >= 4 is 17.8 Å². The normalized spacial score (nSPS) is 21.1. The average Bonchev–Trinajstić information content (AvgIpc) is 3.11. The summed E-state index contributed by atoms with van der Waals surface area (Å²) in [6.07, 6.45) is -5.59. The van der Waals surface area contributed by atoms with E-state index in [0.29, 0.717) is 28.2 Å². The summed E-state index contributed by atoms with van der Waals surface area (Å²) in [4.78, 5) is 25.6. The van der Waals surface area contributed by atoms with Gasteiger partial charge in [0.15, 0.2) is 40.8 Å². The molecule has 1 aliphatic rings. The summed E-state index contributed by atoms with van der Waals surface area (Å²) in [6, 6.07) is 13.5. The zero-order chi connectivity index (χ0) is 36.4. The van der Waals surface area contributed by atoms with Gasteiger partial charge in [-0.1, -0.05) is 18.2 Å². The molecule has 0 unspecified atom stereocenters.